The zero-order valence-electron chi connectivity index (χ0n) is 23.0. The number of nitrogens with one attached hydrogen (secondary N) is 2. The van der Waals surface area contributed by atoms with Crippen LogP contribution >= 0.6 is 0 Å². The van der Waals surface area contributed by atoms with E-state index in [4.69, 9.17) is 0 Å². The molecule has 0 bridgehead atoms. The third-order valence-electron chi connectivity index (χ3n) is 7.88. The Morgan fingerprint density at radius 3 is 2.08 bits per heavy atom. The molecule has 4 rings (SSSR count). The number of likely N-dealkylation sites (tertiary alicyclic amines) is 1. The van der Waals surface area contributed by atoms with Gasteiger partial charge in [-0.3, -0.25) is 24.6 Å². The maximum atomic E-state index is 13.4. The first-order valence-corrected chi connectivity index (χ1v) is 14.1. The number of carbonyl (C=O) groups is 4. The molecule has 208 valence electrons. The van der Waals surface area contributed by atoms with Gasteiger partial charge in [0.25, 0.3) is 0 Å². The van der Waals surface area contributed by atoms with Gasteiger partial charge in [0, 0.05) is 26.1 Å². The summed E-state index contributed by atoms with van der Waals surface area (Å²) >= 11 is 0. The van der Waals surface area contributed by atoms with Gasteiger partial charge in [-0.2, -0.15) is 0 Å². The van der Waals surface area contributed by atoms with E-state index in [1.807, 2.05) is 67.6 Å². The SMILES string of the molecule is CCC[C@H](NC(=O)[C@@H]1C[C@@H]2CCCC[C@@H]2N1C(C)=O)C(=O)C(=O)NN(Cc1ccccc1)Cc1ccccc1. The fourth-order valence-electron chi connectivity index (χ4n) is 6.07. The minimum atomic E-state index is -0.950. The number of ketones is 1. The van der Waals surface area contributed by atoms with Gasteiger partial charge in [0.15, 0.2) is 0 Å². The smallest absolute Gasteiger partial charge is 0.303 e. The van der Waals surface area contributed by atoms with Crippen LogP contribution in [0.2, 0.25) is 0 Å². The monoisotopic (exact) mass is 532 g/mol. The Morgan fingerprint density at radius 2 is 1.51 bits per heavy atom. The summed E-state index contributed by atoms with van der Waals surface area (Å²) in [4.78, 5) is 54.2. The van der Waals surface area contributed by atoms with E-state index in [1.54, 1.807) is 9.91 Å². The molecular weight excluding hydrogens is 492 g/mol. The first-order valence-electron chi connectivity index (χ1n) is 14.1. The zero-order valence-corrected chi connectivity index (χ0v) is 23.0. The third-order valence-corrected chi connectivity index (χ3v) is 7.88. The number of rotatable bonds is 11. The molecule has 2 aliphatic rings. The Labute approximate surface area is 231 Å². The van der Waals surface area contributed by atoms with Gasteiger partial charge in [0.1, 0.15) is 6.04 Å². The first kappa shape index (κ1) is 28.5. The lowest BCUT2D eigenvalue weighted by atomic mass is 9.84. The topological polar surface area (TPSA) is 98.8 Å². The molecule has 0 aromatic heterocycles. The van der Waals surface area contributed by atoms with Crippen molar-refractivity contribution in [3.8, 4) is 0 Å². The standard InChI is InChI=1S/C31H40N4O4/c1-3-12-26(32-30(38)28-19-25-17-10-11-18-27(25)35(28)22(2)36)29(37)31(39)33-34(20-23-13-6-4-7-14-23)21-24-15-8-5-9-16-24/h4-9,13-16,25-28H,3,10-12,17-21H2,1-2H3,(H,32,38)(H,33,39)/t25-,26-,27-,28-/m0/s1. The Morgan fingerprint density at radius 1 is 0.923 bits per heavy atom. The van der Waals surface area contributed by atoms with Gasteiger partial charge in [-0.15, -0.1) is 0 Å². The molecule has 1 saturated heterocycles. The van der Waals surface area contributed by atoms with Crippen molar-refractivity contribution in [2.45, 2.75) is 90.0 Å². The van der Waals surface area contributed by atoms with Gasteiger partial charge in [0.05, 0.1) is 6.04 Å². The molecule has 1 saturated carbocycles. The summed E-state index contributed by atoms with van der Waals surface area (Å²) in [5, 5.41) is 4.56. The van der Waals surface area contributed by atoms with E-state index in [-0.39, 0.29) is 17.9 Å². The van der Waals surface area contributed by atoms with E-state index in [9.17, 15) is 19.2 Å². The molecule has 1 aliphatic carbocycles. The summed E-state index contributed by atoms with van der Waals surface area (Å²) in [6.07, 6.45) is 5.66. The molecule has 0 radical (unpaired) electrons. The van der Waals surface area contributed by atoms with Crippen molar-refractivity contribution in [2.75, 3.05) is 0 Å². The summed E-state index contributed by atoms with van der Waals surface area (Å²) in [5.74, 6) is -1.58. The second-order valence-corrected chi connectivity index (χ2v) is 10.8. The van der Waals surface area contributed by atoms with Gasteiger partial charge in [0.2, 0.25) is 17.6 Å². The second kappa shape index (κ2) is 13.5. The predicted octanol–water partition coefficient (Wildman–Crippen LogP) is 3.75. The van der Waals surface area contributed by atoms with Crippen molar-refractivity contribution in [3.05, 3.63) is 71.8 Å². The van der Waals surface area contributed by atoms with E-state index >= 15 is 0 Å². The largest absolute Gasteiger partial charge is 0.344 e. The van der Waals surface area contributed by atoms with Gasteiger partial charge in [-0.05, 0) is 42.7 Å². The van der Waals surface area contributed by atoms with Crippen LogP contribution in [0.5, 0.6) is 0 Å². The molecule has 8 heteroatoms. The highest BCUT2D eigenvalue weighted by Gasteiger charge is 2.47. The van der Waals surface area contributed by atoms with E-state index in [0.717, 1.165) is 36.8 Å². The number of amides is 3. The summed E-state index contributed by atoms with van der Waals surface area (Å²) in [7, 11) is 0. The Bertz CT molecular complexity index is 1100. The Hall–Kier alpha value is -3.52. The highest BCUT2D eigenvalue weighted by atomic mass is 16.2. The quantitative estimate of drug-likeness (QED) is 0.339. The van der Waals surface area contributed by atoms with Crippen LogP contribution in [0.3, 0.4) is 0 Å². The lowest BCUT2D eigenvalue weighted by Gasteiger charge is -2.33. The normalized spacial score (nSPS) is 21.2. The minimum Gasteiger partial charge on any atom is -0.344 e. The number of hydrazine groups is 1. The lowest BCUT2D eigenvalue weighted by Crippen LogP contribution is -2.55. The fraction of sp³-hybridized carbons (Fsp3) is 0.484. The minimum absolute atomic E-state index is 0.0835. The first-order chi connectivity index (χ1) is 18.9. The molecule has 2 N–H and O–H groups in total. The van der Waals surface area contributed by atoms with Gasteiger partial charge < -0.3 is 10.2 Å². The van der Waals surface area contributed by atoms with Crippen molar-refractivity contribution in [2.24, 2.45) is 5.92 Å². The average Bonchev–Trinajstić information content (AvgIpc) is 3.34. The second-order valence-electron chi connectivity index (χ2n) is 10.8. The van der Waals surface area contributed by atoms with E-state index in [1.165, 1.54) is 6.92 Å². The summed E-state index contributed by atoms with van der Waals surface area (Å²) < 4.78 is 0. The van der Waals surface area contributed by atoms with Crippen LogP contribution in [-0.2, 0) is 32.3 Å². The molecule has 2 aromatic carbocycles. The number of carbonyl (C=O) groups excluding carboxylic acids is 4. The lowest BCUT2D eigenvalue weighted by molar-refractivity contribution is -0.144. The molecule has 0 spiro atoms. The molecule has 4 atom stereocenters. The highest BCUT2D eigenvalue weighted by molar-refractivity contribution is 6.38. The van der Waals surface area contributed by atoms with E-state index < -0.39 is 23.8 Å². The van der Waals surface area contributed by atoms with E-state index in [0.29, 0.717) is 38.3 Å². The van der Waals surface area contributed by atoms with Gasteiger partial charge in [-0.1, -0.05) is 86.8 Å². The van der Waals surface area contributed by atoms with E-state index in [2.05, 4.69) is 10.7 Å². The van der Waals surface area contributed by atoms with Gasteiger partial charge >= 0.3 is 5.91 Å². The summed E-state index contributed by atoms with van der Waals surface area (Å²) in [6.45, 7) is 4.25. The van der Waals surface area contributed by atoms with Crippen LogP contribution in [0.4, 0.5) is 0 Å². The van der Waals surface area contributed by atoms with Crippen LogP contribution in [-0.4, -0.2) is 51.5 Å². The Kier molecular flexibility index (Phi) is 9.87. The van der Waals surface area contributed by atoms with Crippen LogP contribution in [0.25, 0.3) is 0 Å². The van der Waals surface area contributed by atoms with Crippen LogP contribution in [0.1, 0.15) is 69.9 Å². The van der Waals surface area contributed by atoms with Crippen molar-refractivity contribution in [1.29, 1.82) is 0 Å². The molecule has 0 unspecified atom stereocenters. The third kappa shape index (κ3) is 7.32. The van der Waals surface area contributed by atoms with Crippen molar-refractivity contribution >= 4 is 23.5 Å². The van der Waals surface area contributed by atoms with Crippen molar-refractivity contribution in [3.63, 3.8) is 0 Å². The highest BCUT2D eigenvalue weighted by Crippen LogP contribution is 2.39. The molecule has 2 fully saturated rings. The summed E-state index contributed by atoms with van der Waals surface area (Å²) in [6, 6.07) is 18.0. The molecule has 1 heterocycles. The number of nitrogens with zero attached hydrogens (tertiary/aromatic N) is 2. The number of fused-ring (bicyclic) bond motifs is 1. The predicted molar refractivity (Wildman–Crippen MR) is 149 cm³/mol. The van der Waals surface area contributed by atoms with Crippen molar-refractivity contribution in [1.82, 2.24) is 20.7 Å². The fourth-order valence-corrected chi connectivity index (χ4v) is 6.07. The molecule has 2 aromatic rings. The molecule has 8 nitrogen and oxygen atoms in total. The molecule has 3 amide bonds. The number of benzene rings is 2. The van der Waals surface area contributed by atoms with Crippen molar-refractivity contribution < 1.29 is 19.2 Å². The zero-order chi connectivity index (χ0) is 27.8. The maximum absolute atomic E-state index is 13.4. The summed E-state index contributed by atoms with van der Waals surface area (Å²) in [5.41, 5.74) is 4.78. The van der Waals surface area contributed by atoms with Crippen LogP contribution in [0.15, 0.2) is 60.7 Å². The Balaban J connectivity index is 1.45. The average molecular weight is 533 g/mol. The molecule has 39 heavy (non-hydrogen) atoms. The molecular formula is C31H40N4O4. The number of Topliss-reactive ketones (excluding diaryl/α,β-unsaturated/α-hetero) is 1. The van der Waals surface area contributed by atoms with Gasteiger partial charge in [-0.25, -0.2) is 5.01 Å². The van der Waals surface area contributed by atoms with Crippen LogP contribution in [0, 0.1) is 5.92 Å². The number of hydrogen-bond donors (Lipinski definition) is 2. The number of hydrogen-bond acceptors (Lipinski definition) is 5. The maximum Gasteiger partial charge on any atom is 0.303 e. The van der Waals surface area contributed by atoms with Crippen LogP contribution < -0.4 is 10.7 Å². The molecule has 1 aliphatic heterocycles.